The molecule has 0 heterocycles. The van der Waals surface area contributed by atoms with E-state index in [1.54, 1.807) is 36.4 Å². The summed E-state index contributed by atoms with van der Waals surface area (Å²) in [6, 6.07) is 19.9. The van der Waals surface area contributed by atoms with Gasteiger partial charge in [-0.2, -0.15) is 0 Å². The highest BCUT2D eigenvalue weighted by atomic mass is 32.2. The Hall–Kier alpha value is -3.69. The number of hydrogen-bond acceptors (Lipinski definition) is 5. The molecule has 0 radical (unpaired) electrons. The third-order valence-electron chi connectivity index (χ3n) is 4.47. The predicted octanol–water partition coefficient (Wildman–Crippen LogP) is 3.38. The van der Waals surface area contributed by atoms with Crippen LogP contribution in [0.15, 0.2) is 77.7 Å². The fraction of sp³-hybridized carbons (Fsp3) is 0.130. The molecule has 0 bridgehead atoms. The van der Waals surface area contributed by atoms with Crippen LogP contribution in [0.5, 0.6) is 5.75 Å². The standard InChI is InChI=1S/C23H23N3O5S/c1-16(27)25-19-9-6-10-20(14-19)26-23(28)18-11-12-21(31-2)22(13-18)32(29,30)24-15-17-7-4-3-5-8-17/h3-14,24H,15H2,1-2H3,(H,25,27)(H,26,28). The Balaban J connectivity index is 1.82. The summed E-state index contributed by atoms with van der Waals surface area (Å²) in [5, 5.41) is 5.34. The first-order chi connectivity index (χ1) is 15.3. The maximum Gasteiger partial charge on any atom is 0.255 e. The summed E-state index contributed by atoms with van der Waals surface area (Å²) in [7, 11) is -2.59. The topological polar surface area (TPSA) is 114 Å². The normalized spacial score (nSPS) is 10.9. The molecule has 2 amide bonds. The van der Waals surface area contributed by atoms with Gasteiger partial charge in [-0.25, -0.2) is 13.1 Å². The lowest BCUT2D eigenvalue weighted by Crippen LogP contribution is -2.24. The van der Waals surface area contributed by atoms with E-state index in [1.165, 1.54) is 32.2 Å². The van der Waals surface area contributed by atoms with E-state index in [1.807, 2.05) is 18.2 Å². The Morgan fingerprint density at radius 1 is 0.875 bits per heavy atom. The Labute approximate surface area is 186 Å². The van der Waals surface area contributed by atoms with Crippen LogP contribution in [0.3, 0.4) is 0 Å². The van der Waals surface area contributed by atoms with Crippen LogP contribution in [0.4, 0.5) is 11.4 Å². The number of carbonyl (C=O) groups is 2. The first kappa shape index (κ1) is 23.0. The molecule has 0 aliphatic carbocycles. The molecule has 0 saturated heterocycles. The SMILES string of the molecule is COc1ccc(C(=O)Nc2cccc(NC(C)=O)c2)cc1S(=O)(=O)NCc1ccccc1. The Bertz CT molecular complexity index is 1230. The monoisotopic (exact) mass is 453 g/mol. The van der Waals surface area contributed by atoms with Gasteiger partial charge in [0.25, 0.3) is 5.91 Å². The summed E-state index contributed by atoms with van der Waals surface area (Å²) >= 11 is 0. The van der Waals surface area contributed by atoms with Crippen molar-refractivity contribution < 1.29 is 22.7 Å². The van der Waals surface area contributed by atoms with Gasteiger partial charge in [0, 0.05) is 30.4 Å². The van der Waals surface area contributed by atoms with Crippen LogP contribution >= 0.6 is 0 Å². The highest BCUT2D eigenvalue weighted by Gasteiger charge is 2.21. The van der Waals surface area contributed by atoms with Gasteiger partial charge in [0.05, 0.1) is 7.11 Å². The van der Waals surface area contributed by atoms with Crippen LogP contribution in [0.1, 0.15) is 22.8 Å². The molecule has 0 aliphatic heterocycles. The van der Waals surface area contributed by atoms with Crippen LogP contribution in [0.25, 0.3) is 0 Å². The largest absolute Gasteiger partial charge is 0.495 e. The average molecular weight is 454 g/mol. The minimum absolute atomic E-state index is 0.0959. The van der Waals surface area contributed by atoms with Gasteiger partial charge >= 0.3 is 0 Å². The fourth-order valence-electron chi connectivity index (χ4n) is 2.96. The molecule has 8 nitrogen and oxygen atoms in total. The van der Waals surface area contributed by atoms with E-state index in [0.29, 0.717) is 11.4 Å². The summed E-state index contributed by atoms with van der Waals surface area (Å²) in [4.78, 5) is 23.8. The molecule has 0 fully saturated rings. The molecular formula is C23H23N3O5S. The fourth-order valence-corrected chi connectivity index (χ4v) is 4.17. The summed E-state index contributed by atoms with van der Waals surface area (Å²) in [6.07, 6.45) is 0. The van der Waals surface area contributed by atoms with Crippen molar-refractivity contribution in [3.05, 3.63) is 83.9 Å². The lowest BCUT2D eigenvalue weighted by atomic mass is 10.2. The molecular weight excluding hydrogens is 430 g/mol. The molecule has 3 rings (SSSR count). The van der Waals surface area contributed by atoms with Crippen molar-refractivity contribution >= 4 is 33.2 Å². The minimum atomic E-state index is -3.95. The zero-order valence-corrected chi connectivity index (χ0v) is 18.4. The number of carbonyl (C=O) groups excluding carboxylic acids is 2. The maximum atomic E-state index is 12.9. The van der Waals surface area contributed by atoms with Crippen molar-refractivity contribution in [2.24, 2.45) is 0 Å². The number of hydrogen-bond donors (Lipinski definition) is 3. The molecule has 0 aromatic heterocycles. The highest BCUT2D eigenvalue weighted by Crippen LogP contribution is 2.26. The van der Waals surface area contributed by atoms with Crippen molar-refractivity contribution in [3.8, 4) is 5.75 Å². The maximum absolute atomic E-state index is 12.9. The number of benzene rings is 3. The molecule has 0 spiro atoms. The number of nitrogens with one attached hydrogen (secondary N) is 3. The number of ether oxygens (including phenoxy) is 1. The zero-order valence-electron chi connectivity index (χ0n) is 17.6. The van der Waals surface area contributed by atoms with Crippen molar-refractivity contribution in [1.82, 2.24) is 4.72 Å². The van der Waals surface area contributed by atoms with E-state index >= 15 is 0 Å². The number of anilines is 2. The molecule has 0 aliphatic rings. The minimum Gasteiger partial charge on any atom is -0.495 e. The van der Waals surface area contributed by atoms with Gasteiger partial charge in [0.2, 0.25) is 15.9 Å². The molecule has 3 N–H and O–H groups in total. The van der Waals surface area contributed by atoms with E-state index < -0.39 is 15.9 Å². The molecule has 0 unspecified atom stereocenters. The van der Waals surface area contributed by atoms with E-state index in [4.69, 9.17) is 4.74 Å². The van der Waals surface area contributed by atoms with Gasteiger partial charge < -0.3 is 15.4 Å². The highest BCUT2D eigenvalue weighted by molar-refractivity contribution is 7.89. The van der Waals surface area contributed by atoms with E-state index in [2.05, 4.69) is 15.4 Å². The van der Waals surface area contributed by atoms with Crippen molar-refractivity contribution in [2.75, 3.05) is 17.7 Å². The second kappa shape index (κ2) is 10.1. The lowest BCUT2D eigenvalue weighted by Gasteiger charge is -2.13. The average Bonchev–Trinajstić information content (AvgIpc) is 2.78. The molecule has 0 atom stereocenters. The zero-order chi connectivity index (χ0) is 23.1. The molecule has 166 valence electrons. The second-order valence-electron chi connectivity index (χ2n) is 6.89. The first-order valence-corrected chi connectivity index (χ1v) is 11.2. The molecule has 0 saturated carbocycles. The number of amides is 2. The smallest absolute Gasteiger partial charge is 0.255 e. The molecule has 9 heteroatoms. The molecule has 3 aromatic rings. The lowest BCUT2D eigenvalue weighted by molar-refractivity contribution is -0.114. The van der Waals surface area contributed by atoms with Crippen LogP contribution in [0.2, 0.25) is 0 Å². The quantitative estimate of drug-likeness (QED) is 0.484. The van der Waals surface area contributed by atoms with Crippen molar-refractivity contribution in [3.63, 3.8) is 0 Å². The van der Waals surface area contributed by atoms with Gasteiger partial charge in [-0.15, -0.1) is 0 Å². The van der Waals surface area contributed by atoms with Crippen LogP contribution in [0, 0.1) is 0 Å². The molecule has 3 aromatic carbocycles. The van der Waals surface area contributed by atoms with Gasteiger partial charge in [0.15, 0.2) is 0 Å². The summed E-state index contributed by atoms with van der Waals surface area (Å²) in [6.45, 7) is 1.48. The van der Waals surface area contributed by atoms with Gasteiger partial charge in [-0.3, -0.25) is 9.59 Å². The summed E-state index contributed by atoms with van der Waals surface area (Å²) in [5.41, 5.74) is 1.90. The predicted molar refractivity (Wildman–Crippen MR) is 122 cm³/mol. The summed E-state index contributed by atoms with van der Waals surface area (Å²) < 4.78 is 33.5. The summed E-state index contributed by atoms with van der Waals surface area (Å²) in [5.74, 6) is -0.622. The number of sulfonamides is 1. The number of methoxy groups -OCH3 is 1. The van der Waals surface area contributed by atoms with Crippen molar-refractivity contribution in [2.45, 2.75) is 18.4 Å². The van der Waals surface area contributed by atoms with E-state index in [9.17, 15) is 18.0 Å². The van der Waals surface area contributed by atoms with Crippen LogP contribution in [-0.4, -0.2) is 27.3 Å². The Kier molecular flexibility index (Phi) is 7.24. The third kappa shape index (κ3) is 5.93. The number of rotatable bonds is 8. The van der Waals surface area contributed by atoms with E-state index in [-0.39, 0.29) is 28.7 Å². The second-order valence-corrected chi connectivity index (χ2v) is 8.63. The first-order valence-electron chi connectivity index (χ1n) is 9.69. The van der Waals surface area contributed by atoms with Gasteiger partial charge in [-0.05, 0) is 42.0 Å². The van der Waals surface area contributed by atoms with E-state index in [0.717, 1.165) is 5.56 Å². The van der Waals surface area contributed by atoms with Gasteiger partial charge in [0.1, 0.15) is 10.6 Å². The third-order valence-corrected chi connectivity index (χ3v) is 5.89. The molecule has 32 heavy (non-hydrogen) atoms. The Morgan fingerprint density at radius 2 is 1.56 bits per heavy atom. The van der Waals surface area contributed by atoms with Crippen LogP contribution < -0.4 is 20.1 Å². The van der Waals surface area contributed by atoms with Crippen LogP contribution in [-0.2, 0) is 21.4 Å². The Morgan fingerprint density at radius 3 is 2.22 bits per heavy atom. The van der Waals surface area contributed by atoms with Gasteiger partial charge in [-0.1, -0.05) is 36.4 Å². The van der Waals surface area contributed by atoms with Crippen molar-refractivity contribution in [1.29, 1.82) is 0 Å².